The number of hydrogen-bond acceptors (Lipinski definition) is 4. The number of amides is 1. The van der Waals surface area contributed by atoms with Gasteiger partial charge in [-0.1, -0.05) is 35.6 Å². The van der Waals surface area contributed by atoms with Crippen molar-refractivity contribution in [1.29, 1.82) is 0 Å². The summed E-state index contributed by atoms with van der Waals surface area (Å²) in [6.45, 7) is 3.45. The van der Waals surface area contributed by atoms with E-state index in [1.165, 1.54) is 0 Å². The van der Waals surface area contributed by atoms with Crippen LogP contribution in [0.5, 0.6) is 0 Å². The van der Waals surface area contributed by atoms with E-state index in [0.717, 1.165) is 53.2 Å². The lowest BCUT2D eigenvalue weighted by molar-refractivity contribution is 0.0953. The molecule has 31 heavy (non-hydrogen) atoms. The fourth-order valence-electron chi connectivity index (χ4n) is 3.47. The smallest absolute Gasteiger partial charge is 0.312 e. The van der Waals surface area contributed by atoms with E-state index in [0.29, 0.717) is 12.1 Å². The molecule has 4 aromatic rings. The maximum atomic E-state index is 12.6. The third kappa shape index (κ3) is 5.00. The van der Waals surface area contributed by atoms with Crippen LogP contribution in [0.2, 0.25) is 0 Å². The van der Waals surface area contributed by atoms with E-state index in [2.05, 4.69) is 10.4 Å². The molecule has 2 aromatic heterocycles. The van der Waals surface area contributed by atoms with Gasteiger partial charge in [0.05, 0.1) is 11.4 Å². The summed E-state index contributed by atoms with van der Waals surface area (Å²) in [5, 5.41) is 9.00. The van der Waals surface area contributed by atoms with Crippen molar-refractivity contribution in [1.82, 2.24) is 19.7 Å². The highest BCUT2D eigenvalue weighted by Crippen LogP contribution is 2.24. The van der Waals surface area contributed by atoms with Gasteiger partial charge in [0.1, 0.15) is 0 Å². The van der Waals surface area contributed by atoms with Crippen LogP contribution in [0.1, 0.15) is 28.8 Å². The second-order valence-corrected chi connectivity index (χ2v) is 8.19. The number of carbonyl (C=O) groups is 1. The molecular weight excluding hydrogens is 408 g/mol. The van der Waals surface area contributed by atoms with Crippen molar-refractivity contribution in [3.8, 4) is 16.9 Å². The van der Waals surface area contributed by atoms with Crippen molar-refractivity contribution in [2.24, 2.45) is 0 Å². The van der Waals surface area contributed by atoms with Gasteiger partial charge in [-0.3, -0.25) is 18.8 Å². The normalized spacial score (nSPS) is 10.9. The second kappa shape index (κ2) is 9.57. The third-order valence-corrected chi connectivity index (χ3v) is 5.76. The predicted octanol–water partition coefficient (Wildman–Crippen LogP) is 4.28. The van der Waals surface area contributed by atoms with Gasteiger partial charge in [-0.25, -0.2) is 0 Å². The minimum absolute atomic E-state index is 0.0485. The topological polar surface area (TPSA) is 68.9 Å². The highest BCUT2D eigenvalue weighted by molar-refractivity contribution is 7.07. The average molecular weight is 433 g/mol. The van der Waals surface area contributed by atoms with E-state index in [4.69, 9.17) is 0 Å². The Bertz CT molecular complexity index is 1220. The SMILES string of the molecule is Cc1cccc(-n2c(-c3cccc(C(=O)NCCCCn4cccn4)c3)csc2=O)c1. The lowest BCUT2D eigenvalue weighted by atomic mass is 10.1. The molecule has 0 atom stereocenters. The molecule has 4 rings (SSSR count). The van der Waals surface area contributed by atoms with E-state index in [1.54, 1.807) is 16.8 Å². The van der Waals surface area contributed by atoms with Crippen LogP contribution in [-0.2, 0) is 6.54 Å². The molecule has 1 N–H and O–H groups in total. The van der Waals surface area contributed by atoms with Crippen molar-refractivity contribution in [3.63, 3.8) is 0 Å². The highest BCUT2D eigenvalue weighted by atomic mass is 32.1. The summed E-state index contributed by atoms with van der Waals surface area (Å²) in [5.74, 6) is -0.111. The quantitative estimate of drug-likeness (QED) is 0.423. The molecule has 0 unspecified atom stereocenters. The molecule has 0 spiro atoms. The molecule has 1 amide bonds. The Morgan fingerprint density at radius 2 is 1.97 bits per heavy atom. The van der Waals surface area contributed by atoms with Crippen LogP contribution in [0.15, 0.2) is 77.2 Å². The average Bonchev–Trinajstić information content (AvgIpc) is 3.43. The molecule has 0 fully saturated rings. The Labute approximate surface area is 184 Å². The van der Waals surface area contributed by atoms with E-state index in [9.17, 15) is 9.59 Å². The van der Waals surface area contributed by atoms with Gasteiger partial charge in [0.15, 0.2) is 0 Å². The first-order valence-electron chi connectivity index (χ1n) is 10.3. The predicted molar refractivity (Wildman–Crippen MR) is 124 cm³/mol. The maximum absolute atomic E-state index is 12.6. The van der Waals surface area contributed by atoms with Gasteiger partial charge in [0, 0.05) is 42.0 Å². The van der Waals surface area contributed by atoms with Crippen LogP contribution in [0.4, 0.5) is 0 Å². The summed E-state index contributed by atoms with van der Waals surface area (Å²) in [6.07, 6.45) is 5.52. The van der Waals surface area contributed by atoms with E-state index in [1.807, 2.05) is 71.7 Å². The molecule has 0 bridgehead atoms. The van der Waals surface area contributed by atoms with Crippen LogP contribution in [0.25, 0.3) is 16.9 Å². The Morgan fingerprint density at radius 3 is 2.77 bits per heavy atom. The monoisotopic (exact) mass is 432 g/mol. The molecule has 0 radical (unpaired) electrons. The number of nitrogens with one attached hydrogen (secondary N) is 1. The van der Waals surface area contributed by atoms with Crippen molar-refractivity contribution in [2.75, 3.05) is 6.54 Å². The molecule has 0 saturated heterocycles. The summed E-state index contributed by atoms with van der Waals surface area (Å²) in [4.78, 5) is 25.1. The number of hydrogen-bond donors (Lipinski definition) is 1. The zero-order valence-electron chi connectivity index (χ0n) is 17.3. The van der Waals surface area contributed by atoms with Gasteiger partial charge in [0.25, 0.3) is 5.91 Å². The molecule has 158 valence electrons. The van der Waals surface area contributed by atoms with E-state index >= 15 is 0 Å². The van der Waals surface area contributed by atoms with Crippen LogP contribution < -0.4 is 10.2 Å². The lowest BCUT2D eigenvalue weighted by Gasteiger charge is -2.10. The van der Waals surface area contributed by atoms with Crippen molar-refractivity contribution >= 4 is 17.2 Å². The largest absolute Gasteiger partial charge is 0.352 e. The van der Waals surface area contributed by atoms with Gasteiger partial charge in [0.2, 0.25) is 0 Å². The lowest BCUT2D eigenvalue weighted by Crippen LogP contribution is -2.24. The van der Waals surface area contributed by atoms with Crippen LogP contribution in [-0.4, -0.2) is 26.8 Å². The number of unbranched alkanes of at least 4 members (excludes halogenated alkanes) is 1. The molecule has 0 aliphatic heterocycles. The van der Waals surface area contributed by atoms with E-state index in [-0.39, 0.29) is 10.8 Å². The van der Waals surface area contributed by atoms with Crippen LogP contribution in [0.3, 0.4) is 0 Å². The Kier molecular flexibility index (Phi) is 6.43. The van der Waals surface area contributed by atoms with Gasteiger partial charge >= 0.3 is 4.87 Å². The number of rotatable bonds is 8. The zero-order valence-corrected chi connectivity index (χ0v) is 18.1. The van der Waals surface area contributed by atoms with Gasteiger partial charge in [-0.2, -0.15) is 5.10 Å². The maximum Gasteiger partial charge on any atom is 0.312 e. The van der Waals surface area contributed by atoms with Crippen molar-refractivity contribution in [3.05, 3.63) is 93.2 Å². The summed E-state index contributed by atoms with van der Waals surface area (Å²) < 4.78 is 3.59. The van der Waals surface area contributed by atoms with Gasteiger partial charge in [-0.05, 0) is 55.7 Å². The summed E-state index contributed by atoms with van der Waals surface area (Å²) in [6, 6.07) is 17.2. The van der Waals surface area contributed by atoms with Crippen LogP contribution >= 0.6 is 11.3 Å². The van der Waals surface area contributed by atoms with Crippen molar-refractivity contribution < 1.29 is 4.79 Å². The number of nitrogens with zero attached hydrogens (tertiary/aromatic N) is 3. The number of carbonyl (C=O) groups excluding carboxylic acids is 1. The summed E-state index contributed by atoms with van der Waals surface area (Å²) in [7, 11) is 0. The first-order chi connectivity index (χ1) is 15.1. The highest BCUT2D eigenvalue weighted by Gasteiger charge is 2.13. The fraction of sp³-hybridized carbons (Fsp3) is 0.208. The standard InChI is InChI=1S/C24H24N4O2S/c1-18-7-4-10-21(15-18)28-22(17-31-24(28)30)19-8-5-9-20(16-19)23(29)25-11-2-3-13-27-14-6-12-26-27/h4-10,12,14-17H,2-3,11,13H2,1H3,(H,25,29). The van der Waals surface area contributed by atoms with Gasteiger partial charge in [-0.15, -0.1) is 0 Å². The molecular formula is C24H24N4O2S. The Balaban J connectivity index is 1.45. The van der Waals surface area contributed by atoms with Crippen LogP contribution in [0, 0.1) is 6.92 Å². The number of thiazole rings is 1. The molecule has 2 aromatic carbocycles. The second-order valence-electron chi connectivity index (χ2n) is 7.37. The molecule has 0 saturated carbocycles. The first kappa shape index (κ1) is 20.8. The Hall–Kier alpha value is -3.45. The number of aryl methyl sites for hydroxylation is 2. The molecule has 2 heterocycles. The minimum Gasteiger partial charge on any atom is -0.352 e. The third-order valence-electron chi connectivity index (χ3n) is 5.03. The van der Waals surface area contributed by atoms with E-state index < -0.39 is 0 Å². The number of benzene rings is 2. The summed E-state index contributed by atoms with van der Waals surface area (Å²) in [5.41, 5.74) is 4.12. The molecule has 6 nitrogen and oxygen atoms in total. The minimum atomic E-state index is -0.111. The van der Waals surface area contributed by atoms with Crippen molar-refractivity contribution in [2.45, 2.75) is 26.3 Å². The fourth-order valence-corrected chi connectivity index (χ4v) is 4.24. The first-order valence-corrected chi connectivity index (χ1v) is 11.1. The Morgan fingerprint density at radius 1 is 1.10 bits per heavy atom. The molecule has 7 heteroatoms. The summed E-state index contributed by atoms with van der Waals surface area (Å²) >= 11 is 1.16. The number of aromatic nitrogens is 3. The molecule has 0 aliphatic rings. The molecule has 0 aliphatic carbocycles. The van der Waals surface area contributed by atoms with Gasteiger partial charge < -0.3 is 5.32 Å². The zero-order chi connectivity index (χ0) is 21.6.